The summed E-state index contributed by atoms with van der Waals surface area (Å²) in [6.45, 7) is -0.778. The van der Waals surface area contributed by atoms with Crippen LogP contribution in [0.25, 0.3) is 0 Å². The van der Waals surface area contributed by atoms with Crippen LogP contribution >= 0.6 is 0 Å². The fourth-order valence-electron chi connectivity index (χ4n) is 1.72. The summed E-state index contributed by atoms with van der Waals surface area (Å²) in [4.78, 5) is 32.4. The van der Waals surface area contributed by atoms with E-state index in [1.807, 2.05) is 0 Å². The van der Waals surface area contributed by atoms with Crippen LogP contribution in [0.3, 0.4) is 0 Å². The van der Waals surface area contributed by atoms with Crippen LogP contribution in [0.2, 0.25) is 0 Å². The van der Waals surface area contributed by atoms with Crippen molar-refractivity contribution < 1.29 is 27.7 Å². The molecule has 9 nitrogen and oxygen atoms in total. The van der Waals surface area contributed by atoms with Gasteiger partial charge in [0.2, 0.25) is 0 Å². The van der Waals surface area contributed by atoms with Gasteiger partial charge in [-0.2, -0.15) is 0 Å². The second kappa shape index (κ2) is 4.56. The Labute approximate surface area is 112 Å². The van der Waals surface area contributed by atoms with E-state index in [1.54, 1.807) is 0 Å². The molecule has 0 atom stereocenters. The third-order valence-electron chi connectivity index (χ3n) is 2.70. The summed E-state index contributed by atoms with van der Waals surface area (Å²) < 4.78 is 28.8. The molecule has 1 aliphatic heterocycles. The summed E-state index contributed by atoms with van der Waals surface area (Å²) in [5.74, 6) is -1.83. The molecule has 0 spiro atoms. The largest absolute Gasteiger partial charge is 0.468 e. The van der Waals surface area contributed by atoms with Gasteiger partial charge in [0.15, 0.2) is 0 Å². The number of nitro groups is 1. The predicted molar refractivity (Wildman–Crippen MR) is 63.3 cm³/mol. The molecule has 2 rings (SSSR count). The Balaban J connectivity index is 2.53. The van der Waals surface area contributed by atoms with E-state index in [9.17, 15) is 28.1 Å². The van der Waals surface area contributed by atoms with Crippen LogP contribution in [0.1, 0.15) is 10.4 Å². The van der Waals surface area contributed by atoms with Crippen LogP contribution < -0.4 is 0 Å². The number of hydrogen-bond acceptors (Lipinski definition) is 7. The molecule has 1 aliphatic rings. The molecule has 106 valence electrons. The molecule has 0 saturated carbocycles. The van der Waals surface area contributed by atoms with E-state index in [0.717, 1.165) is 25.3 Å². The minimum Gasteiger partial charge on any atom is -0.468 e. The van der Waals surface area contributed by atoms with Crippen LogP contribution in [-0.4, -0.2) is 43.2 Å². The van der Waals surface area contributed by atoms with Crippen LogP contribution in [0, 0.1) is 10.1 Å². The first-order valence-corrected chi connectivity index (χ1v) is 6.65. The number of nitro benzene ring substituents is 1. The first kappa shape index (κ1) is 13.9. The molecule has 0 saturated heterocycles. The van der Waals surface area contributed by atoms with Crippen molar-refractivity contribution in [2.24, 2.45) is 0 Å². The van der Waals surface area contributed by atoms with Crippen molar-refractivity contribution in [2.75, 3.05) is 13.7 Å². The first-order valence-electron chi connectivity index (χ1n) is 5.21. The summed E-state index contributed by atoms with van der Waals surface area (Å²) in [5, 5.41) is 10.6. The smallest absolute Gasteiger partial charge is 0.326 e. The lowest BCUT2D eigenvalue weighted by Gasteiger charge is -2.12. The molecule has 0 N–H and O–H groups in total. The van der Waals surface area contributed by atoms with E-state index in [1.165, 1.54) is 0 Å². The van der Waals surface area contributed by atoms with Crippen molar-refractivity contribution in [1.82, 2.24) is 4.31 Å². The number of amides is 1. The van der Waals surface area contributed by atoms with Crippen LogP contribution in [0.5, 0.6) is 0 Å². The van der Waals surface area contributed by atoms with E-state index >= 15 is 0 Å². The van der Waals surface area contributed by atoms with E-state index in [-0.39, 0.29) is 5.56 Å². The molecule has 0 unspecified atom stereocenters. The van der Waals surface area contributed by atoms with E-state index in [4.69, 9.17) is 0 Å². The molecule has 1 aromatic carbocycles. The van der Waals surface area contributed by atoms with Crippen molar-refractivity contribution in [3.63, 3.8) is 0 Å². The number of fused-ring (bicyclic) bond motifs is 1. The SMILES string of the molecule is COC(=O)CN1C(=O)c2ccc([N+](=O)[O-])cc2S1(=O)=O. The van der Waals surface area contributed by atoms with E-state index in [0.29, 0.717) is 4.31 Å². The predicted octanol–water partition coefficient (Wildman–Crippen LogP) is -0.0877. The van der Waals surface area contributed by atoms with Crippen molar-refractivity contribution in [2.45, 2.75) is 4.90 Å². The Kier molecular flexibility index (Phi) is 3.18. The van der Waals surface area contributed by atoms with Crippen LogP contribution in [-0.2, 0) is 19.6 Å². The minimum atomic E-state index is -4.28. The van der Waals surface area contributed by atoms with Crippen LogP contribution in [0.4, 0.5) is 5.69 Å². The Hall–Kier alpha value is -2.49. The lowest BCUT2D eigenvalue weighted by molar-refractivity contribution is -0.385. The molecule has 0 aliphatic carbocycles. The number of benzene rings is 1. The normalized spacial score (nSPS) is 15.8. The molecule has 0 radical (unpaired) electrons. The van der Waals surface area contributed by atoms with Gasteiger partial charge in [0, 0.05) is 12.1 Å². The number of rotatable bonds is 3. The minimum absolute atomic E-state index is 0.209. The van der Waals surface area contributed by atoms with Crippen LogP contribution in [0.15, 0.2) is 23.1 Å². The molecule has 0 fully saturated rings. The van der Waals surface area contributed by atoms with Crippen molar-refractivity contribution in [3.8, 4) is 0 Å². The molecule has 0 aromatic heterocycles. The third-order valence-corrected chi connectivity index (χ3v) is 4.47. The highest BCUT2D eigenvalue weighted by Gasteiger charge is 2.43. The van der Waals surface area contributed by atoms with Gasteiger partial charge in [-0.05, 0) is 6.07 Å². The maximum Gasteiger partial charge on any atom is 0.326 e. The number of hydrogen-bond donors (Lipinski definition) is 0. The van der Waals surface area contributed by atoms with Gasteiger partial charge >= 0.3 is 5.97 Å². The number of methoxy groups -OCH3 is 1. The second-order valence-corrected chi connectivity index (χ2v) is 5.66. The van der Waals surface area contributed by atoms with Gasteiger partial charge in [0.1, 0.15) is 11.4 Å². The van der Waals surface area contributed by atoms with Gasteiger partial charge < -0.3 is 4.74 Å². The van der Waals surface area contributed by atoms with Gasteiger partial charge in [-0.3, -0.25) is 19.7 Å². The van der Waals surface area contributed by atoms with Gasteiger partial charge in [-0.25, -0.2) is 12.7 Å². The highest BCUT2D eigenvalue weighted by atomic mass is 32.2. The lowest BCUT2D eigenvalue weighted by Crippen LogP contribution is -2.35. The Bertz CT molecular complexity index is 725. The number of carbonyl (C=O) groups is 2. The summed E-state index contributed by atoms with van der Waals surface area (Å²) >= 11 is 0. The number of carbonyl (C=O) groups excluding carboxylic acids is 2. The zero-order valence-electron chi connectivity index (χ0n) is 10.1. The van der Waals surface area contributed by atoms with Gasteiger partial charge in [0.25, 0.3) is 21.6 Å². The van der Waals surface area contributed by atoms with E-state index in [2.05, 4.69) is 4.74 Å². The summed E-state index contributed by atoms with van der Waals surface area (Å²) in [7, 11) is -3.23. The fraction of sp³-hybridized carbons (Fsp3) is 0.200. The molecular weight excluding hydrogens is 292 g/mol. The second-order valence-electron chi connectivity index (χ2n) is 3.83. The molecular formula is C10H8N2O7S. The Morgan fingerprint density at radius 2 is 2.10 bits per heavy atom. The lowest BCUT2D eigenvalue weighted by atomic mass is 10.2. The van der Waals surface area contributed by atoms with Crippen molar-refractivity contribution >= 4 is 27.6 Å². The number of ether oxygens (including phenoxy) is 1. The number of sulfonamides is 1. The maximum absolute atomic E-state index is 12.1. The number of nitrogens with zero attached hydrogens (tertiary/aromatic N) is 2. The fourth-order valence-corrected chi connectivity index (χ4v) is 3.25. The molecule has 1 heterocycles. The number of esters is 1. The van der Waals surface area contributed by atoms with Gasteiger partial charge in [-0.15, -0.1) is 0 Å². The standard InChI is InChI=1S/C10H8N2O7S/c1-19-9(13)5-11-10(14)7-3-2-6(12(15)16)4-8(7)20(11,17)18/h2-4H,5H2,1H3. The maximum atomic E-state index is 12.1. The molecule has 1 amide bonds. The summed E-state index contributed by atoms with van der Waals surface area (Å²) in [5.41, 5.74) is -0.667. The zero-order valence-corrected chi connectivity index (χ0v) is 10.9. The van der Waals surface area contributed by atoms with Gasteiger partial charge in [0.05, 0.1) is 17.6 Å². The van der Waals surface area contributed by atoms with Crippen molar-refractivity contribution in [3.05, 3.63) is 33.9 Å². The summed E-state index contributed by atoms with van der Waals surface area (Å²) in [6.07, 6.45) is 0. The Morgan fingerprint density at radius 1 is 1.45 bits per heavy atom. The molecule has 1 aromatic rings. The summed E-state index contributed by atoms with van der Waals surface area (Å²) in [6, 6.07) is 2.86. The topological polar surface area (TPSA) is 124 Å². The zero-order chi connectivity index (χ0) is 15.1. The van der Waals surface area contributed by atoms with Gasteiger partial charge in [-0.1, -0.05) is 0 Å². The third kappa shape index (κ3) is 1.99. The number of non-ortho nitro benzene ring substituents is 1. The quantitative estimate of drug-likeness (QED) is 0.434. The Morgan fingerprint density at radius 3 is 2.65 bits per heavy atom. The molecule has 0 bridgehead atoms. The first-order chi connectivity index (χ1) is 9.28. The average Bonchev–Trinajstić information content (AvgIpc) is 2.59. The average molecular weight is 300 g/mol. The monoisotopic (exact) mass is 300 g/mol. The highest BCUT2D eigenvalue weighted by Crippen LogP contribution is 2.32. The molecule has 10 heteroatoms. The molecule has 20 heavy (non-hydrogen) atoms. The highest BCUT2D eigenvalue weighted by molar-refractivity contribution is 7.90. The van der Waals surface area contributed by atoms with Crippen molar-refractivity contribution in [1.29, 1.82) is 0 Å². The van der Waals surface area contributed by atoms with E-state index < -0.39 is 44.0 Å².